The van der Waals surface area contributed by atoms with Crippen LogP contribution in [-0.2, 0) is 14.8 Å². The van der Waals surface area contributed by atoms with Crippen LogP contribution < -0.4 is 10.0 Å². The molecular formula is C13H21ClFN3O3S. The third-order valence-electron chi connectivity index (χ3n) is 2.88. The second-order valence-electron chi connectivity index (χ2n) is 4.50. The summed E-state index contributed by atoms with van der Waals surface area (Å²) >= 11 is 0. The molecule has 0 aromatic heterocycles. The molecule has 0 atom stereocenters. The van der Waals surface area contributed by atoms with Gasteiger partial charge in [-0.1, -0.05) is 12.1 Å². The van der Waals surface area contributed by atoms with Gasteiger partial charge in [-0.25, -0.2) is 17.5 Å². The number of amides is 1. The first-order valence-electron chi connectivity index (χ1n) is 6.51. The predicted octanol–water partition coefficient (Wildman–Crippen LogP) is 0.594. The van der Waals surface area contributed by atoms with Gasteiger partial charge in [-0.2, -0.15) is 0 Å². The first kappa shape index (κ1) is 20.8. The Labute approximate surface area is 136 Å². The van der Waals surface area contributed by atoms with Crippen molar-refractivity contribution in [1.82, 2.24) is 14.9 Å². The minimum absolute atomic E-state index is 0. The van der Waals surface area contributed by atoms with Crippen molar-refractivity contribution in [1.29, 1.82) is 0 Å². The van der Waals surface area contributed by atoms with Crippen molar-refractivity contribution >= 4 is 28.3 Å². The Bertz CT molecular complexity index is 584. The Morgan fingerprint density at radius 2 is 1.91 bits per heavy atom. The van der Waals surface area contributed by atoms with Gasteiger partial charge in [0, 0.05) is 33.1 Å². The van der Waals surface area contributed by atoms with Crippen LogP contribution in [0.4, 0.5) is 4.39 Å². The number of carbonyl (C=O) groups is 1. The Morgan fingerprint density at radius 1 is 1.27 bits per heavy atom. The number of benzene rings is 1. The monoisotopic (exact) mass is 353 g/mol. The lowest BCUT2D eigenvalue weighted by Gasteiger charge is -2.17. The lowest BCUT2D eigenvalue weighted by Crippen LogP contribution is -2.35. The highest BCUT2D eigenvalue weighted by atomic mass is 35.5. The summed E-state index contributed by atoms with van der Waals surface area (Å²) in [4.78, 5) is 12.8. The summed E-state index contributed by atoms with van der Waals surface area (Å²) in [5, 5.41) is 2.91. The van der Waals surface area contributed by atoms with Crippen LogP contribution in [0.2, 0.25) is 0 Å². The minimum atomic E-state index is -3.94. The number of halogens is 2. The molecule has 6 nitrogen and oxygen atoms in total. The zero-order valence-electron chi connectivity index (χ0n) is 12.5. The molecule has 2 N–H and O–H groups in total. The smallest absolute Gasteiger partial charge is 0.243 e. The normalized spacial score (nSPS) is 10.9. The zero-order valence-corrected chi connectivity index (χ0v) is 14.1. The van der Waals surface area contributed by atoms with Crippen molar-refractivity contribution in [3.63, 3.8) is 0 Å². The van der Waals surface area contributed by atoms with Crippen LogP contribution in [0.5, 0.6) is 0 Å². The molecule has 1 amide bonds. The van der Waals surface area contributed by atoms with Crippen LogP contribution >= 0.6 is 12.4 Å². The number of rotatable bonds is 8. The van der Waals surface area contributed by atoms with Gasteiger partial charge in [-0.3, -0.25) is 4.79 Å². The van der Waals surface area contributed by atoms with Crippen molar-refractivity contribution in [2.45, 2.75) is 11.3 Å². The van der Waals surface area contributed by atoms with Crippen molar-refractivity contribution in [2.75, 3.05) is 33.7 Å². The molecule has 0 radical (unpaired) electrons. The molecule has 22 heavy (non-hydrogen) atoms. The van der Waals surface area contributed by atoms with Gasteiger partial charge in [-0.15, -0.1) is 12.4 Å². The summed E-state index contributed by atoms with van der Waals surface area (Å²) < 4.78 is 39.4. The maximum absolute atomic E-state index is 13.4. The van der Waals surface area contributed by atoms with Gasteiger partial charge in [0.25, 0.3) is 0 Å². The highest BCUT2D eigenvalue weighted by Crippen LogP contribution is 2.12. The van der Waals surface area contributed by atoms with E-state index < -0.39 is 20.7 Å². The molecule has 0 fully saturated rings. The topological polar surface area (TPSA) is 78.5 Å². The van der Waals surface area contributed by atoms with Gasteiger partial charge in [0.05, 0.1) is 0 Å². The second-order valence-corrected chi connectivity index (χ2v) is 6.23. The third kappa shape index (κ3) is 6.27. The van der Waals surface area contributed by atoms with E-state index in [9.17, 15) is 17.6 Å². The summed E-state index contributed by atoms with van der Waals surface area (Å²) in [6, 6.07) is 5.10. The molecule has 0 bridgehead atoms. The molecule has 0 saturated carbocycles. The van der Waals surface area contributed by atoms with Crippen LogP contribution in [-0.4, -0.2) is 53.0 Å². The van der Waals surface area contributed by atoms with Gasteiger partial charge in [-0.05, 0) is 19.2 Å². The average Bonchev–Trinajstić information content (AvgIpc) is 2.44. The van der Waals surface area contributed by atoms with Gasteiger partial charge < -0.3 is 10.2 Å². The molecule has 9 heteroatoms. The summed E-state index contributed by atoms with van der Waals surface area (Å²) in [5.74, 6) is -0.996. The number of sulfonamides is 1. The summed E-state index contributed by atoms with van der Waals surface area (Å²) in [5.41, 5.74) is 0. The molecule has 0 saturated heterocycles. The van der Waals surface area contributed by atoms with E-state index in [-0.39, 0.29) is 31.3 Å². The molecule has 1 aromatic carbocycles. The van der Waals surface area contributed by atoms with Crippen molar-refractivity contribution in [2.24, 2.45) is 0 Å². The predicted molar refractivity (Wildman–Crippen MR) is 85.0 cm³/mol. The Morgan fingerprint density at radius 3 is 2.50 bits per heavy atom. The molecule has 0 heterocycles. The summed E-state index contributed by atoms with van der Waals surface area (Å²) in [6.07, 6.45) is 0.0217. The minimum Gasteiger partial charge on any atom is -0.344 e. The summed E-state index contributed by atoms with van der Waals surface area (Å²) in [6.45, 7) is 1.12. The van der Waals surface area contributed by atoms with Crippen LogP contribution in [0.25, 0.3) is 0 Å². The lowest BCUT2D eigenvalue weighted by molar-refractivity contribution is -0.129. The molecule has 0 aliphatic rings. The van der Waals surface area contributed by atoms with E-state index in [0.29, 0.717) is 13.1 Å². The van der Waals surface area contributed by atoms with E-state index in [1.54, 1.807) is 14.1 Å². The quantitative estimate of drug-likeness (QED) is 0.717. The third-order valence-corrected chi connectivity index (χ3v) is 4.37. The van der Waals surface area contributed by atoms with E-state index in [2.05, 4.69) is 10.0 Å². The Hall–Kier alpha value is -1.22. The zero-order chi connectivity index (χ0) is 15.9. The molecule has 0 aliphatic carbocycles. The molecular weight excluding hydrogens is 333 g/mol. The fourth-order valence-corrected chi connectivity index (χ4v) is 2.74. The van der Waals surface area contributed by atoms with E-state index in [0.717, 1.165) is 6.07 Å². The molecule has 1 aromatic rings. The Kier molecular flexibility index (Phi) is 9.19. The number of nitrogens with one attached hydrogen (secondary N) is 2. The van der Waals surface area contributed by atoms with Crippen LogP contribution in [0.15, 0.2) is 29.2 Å². The SMILES string of the molecule is CNCCN(C)C(=O)CCNS(=O)(=O)c1ccccc1F.Cl. The average molecular weight is 354 g/mol. The first-order chi connectivity index (χ1) is 9.88. The van der Waals surface area contributed by atoms with Crippen molar-refractivity contribution < 1.29 is 17.6 Å². The highest BCUT2D eigenvalue weighted by Gasteiger charge is 2.18. The van der Waals surface area contributed by atoms with Crippen molar-refractivity contribution in [3.8, 4) is 0 Å². The number of nitrogens with zero attached hydrogens (tertiary/aromatic N) is 1. The standard InChI is InChI=1S/C13H20FN3O3S.ClH/c1-15-9-10-17(2)13(18)7-8-16-21(19,20)12-6-4-3-5-11(12)14;/h3-6,15-16H,7-10H2,1-2H3;1H. The molecule has 0 unspecified atom stereocenters. The van der Waals surface area contributed by atoms with Gasteiger partial charge in [0.1, 0.15) is 10.7 Å². The van der Waals surface area contributed by atoms with E-state index in [4.69, 9.17) is 0 Å². The maximum Gasteiger partial charge on any atom is 0.243 e. The van der Waals surface area contributed by atoms with Gasteiger partial charge in [0.2, 0.25) is 15.9 Å². The van der Waals surface area contributed by atoms with E-state index in [1.807, 2.05) is 0 Å². The Balaban J connectivity index is 0.00000441. The van der Waals surface area contributed by atoms with Crippen LogP contribution in [0.1, 0.15) is 6.42 Å². The lowest BCUT2D eigenvalue weighted by atomic mass is 10.3. The van der Waals surface area contributed by atoms with E-state index in [1.165, 1.54) is 23.1 Å². The molecule has 0 aliphatic heterocycles. The summed E-state index contributed by atoms with van der Waals surface area (Å²) in [7, 11) is -0.515. The van der Waals surface area contributed by atoms with Crippen molar-refractivity contribution in [3.05, 3.63) is 30.1 Å². The molecule has 1 rings (SSSR count). The fraction of sp³-hybridized carbons (Fsp3) is 0.462. The number of likely N-dealkylation sites (N-methyl/N-ethyl adjacent to an activating group) is 2. The number of carbonyl (C=O) groups excluding carboxylic acids is 1. The molecule has 126 valence electrons. The molecule has 0 spiro atoms. The fourth-order valence-electron chi connectivity index (χ4n) is 1.63. The van der Waals surface area contributed by atoms with Crippen LogP contribution in [0, 0.1) is 5.82 Å². The number of hydrogen-bond acceptors (Lipinski definition) is 4. The van der Waals surface area contributed by atoms with E-state index >= 15 is 0 Å². The highest BCUT2D eigenvalue weighted by molar-refractivity contribution is 7.89. The van der Waals surface area contributed by atoms with Gasteiger partial charge in [0.15, 0.2) is 0 Å². The van der Waals surface area contributed by atoms with Crippen LogP contribution in [0.3, 0.4) is 0 Å². The second kappa shape index (κ2) is 9.73. The number of hydrogen-bond donors (Lipinski definition) is 2. The maximum atomic E-state index is 13.4. The first-order valence-corrected chi connectivity index (χ1v) is 7.99. The largest absolute Gasteiger partial charge is 0.344 e. The van der Waals surface area contributed by atoms with Gasteiger partial charge >= 0.3 is 0 Å².